The Balaban J connectivity index is 2.16. The average Bonchev–Trinajstić information content (AvgIpc) is 2.33. The van der Waals surface area contributed by atoms with Gasteiger partial charge < -0.3 is 5.32 Å². The van der Waals surface area contributed by atoms with Crippen LogP contribution >= 0.6 is 0 Å². The summed E-state index contributed by atoms with van der Waals surface area (Å²) in [5.41, 5.74) is 0.450. The van der Waals surface area contributed by atoms with E-state index in [0.717, 1.165) is 25.6 Å². The zero-order chi connectivity index (χ0) is 14.0. The SMILES string of the molecule is CCC1CNC(C)(C)CN1Cc1cc(F)ccc1F. The smallest absolute Gasteiger partial charge is 0.127 e. The monoisotopic (exact) mass is 268 g/mol. The van der Waals surface area contributed by atoms with Crippen molar-refractivity contribution in [2.75, 3.05) is 13.1 Å². The van der Waals surface area contributed by atoms with Crippen molar-refractivity contribution in [3.63, 3.8) is 0 Å². The second-order valence-corrected chi connectivity index (χ2v) is 5.97. The van der Waals surface area contributed by atoms with Crippen molar-refractivity contribution >= 4 is 0 Å². The van der Waals surface area contributed by atoms with Gasteiger partial charge in [0.2, 0.25) is 0 Å². The molecule has 106 valence electrons. The van der Waals surface area contributed by atoms with Gasteiger partial charge in [-0.3, -0.25) is 4.90 Å². The van der Waals surface area contributed by atoms with E-state index in [1.165, 1.54) is 12.1 Å². The Morgan fingerprint density at radius 1 is 1.37 bits per heavy atom. The number of nitrogens with zero attached hydrogens (tertiary/aromatic N) is 1. The highest BCUT2D eigenvalue weighted by atomic mass is 19.1. The van der Waals surface area contributed by atoms with Gasteiger partial charge in [-0.15, -0.1) is 0 Å². The van der Waals surface area contributed by atoms with Crippen LogP contribution in [0.15, 0.2) is 18.2 Å². The molecular weight excluding hydrogens is 246 g/mol. The largest absolute Gasteiger partial charge is 0.309 e. The molecular formula is C15H22F2N2. The van der Waals surface area contributed by atoms with Crippen LogP contribution in [0.25, 0.3) is 0 Å². The van der Waals surface area contributed by atoms with Gasteiger partial charge in [-0.1, -0.05) is 6.92 Å². The second-order valence-electron chi connectivity index (χ2n) is 5.97. The number of hydrogen-bond acceptors (Lipinski definition) is 2. The van der Waals surface area contributed by atoms with Crippen LogP contribution < -0.4 is 5.32 Å². The lowest BCUT2D eigenvalue weighted by atomic mass is 9.97. The average molecular weight is 268 g/mol. The van der Waals surface area contributed by atoms with Gasteiger partial charge in [0.05, 0.1) is 0 Å². The molecule has 2 rings (SSSR count). The first kappa shape index (κ1) is 14.4. The third kappa shape index (κ3) is 3.51. The van der Waals surface area contributed by atoms with E-state index >= 15 is 0 Å². The van der Waals surface area contributed by atoms with Crippen LogP contribution in [0, 0.1) is 11.6 Å². The maximum absolute atomic E-state index is 13.7. The van der Waals surface area contributed by atoms with Crippen molar-refractivity contribution in [1.29, 1.82) is 0 Å². The van der Waals surface area contributed by atoms with E-state index < -0.39 is 0 Å². The highest BCUT2D eigenvalue weighted by molar-refractivity contribution is 5.19. The van der Waals surface area contributed by atoms with E-state index in [0.29, 0.717) is 18.2 Å². The lowest BCUT2D eigenvalue weighted by Crippen LogP contribution is -2.61. The highest BCUT2D eigenvalue weighted by Gasteiger charge is 2.31. The Morgan fingerprint density at radius 3 is 2.79 bits per heavy atom. The number of halogens is 2. The molecule has 0 aromatic heterocycles. The first-order valence-electron chi connectivity index (χ1n) is 6.84. The fraction of sp³-hybridized carbons (Fsp3) is 0.600. The topological polar surface area (TPSA) is 15.3 Å². The molecule has 1 unspecified atom stereocenters. The molecule has 1 aromatic carbocycles. The molecule has 1 aliphatic rings. The van der Waals surface area contributed by atoms with Gasteiger partial charge in [0.15, 0.2) is 0 Å². The molecule has 2 nitrogen and oxygen atoms in total. The molecule has 19 heavy (non-hydrogen) atoms. The Kier molecular flexibility index (Phi) is 4.21. The molecule has 0 saturated carbocycles. The van der Waals surface area contributed by atoms with Gasteiger partial charge in [-0.2, -0.15) is 0 Å². The van der Waals surface area contributed by atoms with Crippen LogP contribution in [0.2, 0.25) is 0 Å². The van der Waals surface area contributed by atoms with Gasteiger partial charge in [-0.05, 0) is 38.5 Å². The minimum Gasteiger partial charge on any atom is -0.309 e. The molecule has 1 fully saturated rings. The summed E-state index contributed by atoms with van der Waals surface area (Å²) in [7, 11) is 0. The van der Waals surface area contributed by atoms with E-state index in [1.54, 1.807) is 0 Å². The van der Waals surface area contributed by atoms with E-state index in [9.17, 15) is 8.78 Å². The minimum absolute atomic E-state index is 0.00940. The van der Waals surface area contributed by atoms with E-state index in [2.05, 4.69) is 31.0 Å². The molecule has 0 bridgehead atoms. The van der Waals surface area contributed by atoms with Crippen molar-refractivity contribution in [3.8, 4) is 0 Å². The Hall–Kier alpha value is -1.00. The zero-order valence-electron chi connectivity index (χ0n) is 11.8. The van der Waals surface area contributed by atoms with Crippen LogP contribution in [-0.4, -0.2) is 29.6 Å². The van der Waals surface area contributed by atoms with Gasteiger partial charge >= 0.3 is 0 Å². The summed E-state index contributed by atoms with van der Waals surface area (Å²) >= 11 is 0. The standard InChI is InChI=1S/C15H22F2N2/c1-4-13-8-18-15(2,3)10-19(13)9-11-7-12(16)5-6-14(11)17/h5-7,13,18H,4,8-10H2,1-3H3. The molecule has 1 atom stereocenters. The predicted octanol–water partition coefficient (Wildman–Crippen LogP) is 2.93. The second kappa shape index (κ2) is 5.55. The van der Waals surface area contributed by atoms with Crippen molar-refractivity contribution in [2.45, 2.75) is 45.3 Å². The predicted molar refractivity (Wildman–Crippen MR) is 72.9 cm³/mol. The molecule has 1 N–H and O–H groups in total. The first-order chi connectivity index (χ1) is 8.91. The summed E-state index contributed by atoms with van der Waals surface area (Å²) in [5, 5.41) is 3.49. The summed E-state index contributed by atoms with van der Waals surface area (Å²) in [6, 6.07) is 4.05. The van der Waals surface area contributed by atoms with Gasteiger partial charge in [0, 0.05) is 36.8 Å². The Bertz CT molecular complexity index is 446. The van der Waals surface area contributed by atoms with Gasteiger partial charge in [0.25, 0.3) is 0 Å². The van der Waals surface area contributed by atoms with Crippen LogP contribution in [0.1, 0.15) is 32.8 Å². The normalized spacial score (nSPS) is 23.5. The quantitative estimate of drug-likeness (QED) is 0.906. The molecule has 4 heteroatoms. The summed E-state index contributed by atoms with van der Waals surface area (Å²) in [4.78, 5) is 2.24. The maximum atomic E-state index is 13.7. The molecule has 1 aliphatic heterocycles. The summed E-state index contributed by atoms with van der Waals surface area (Å²) in [5.74, 6) is -0.702. The third-order valence-corrected chi connectivity index (χ3v) is 3.78. The van der Waals surface area contributed by atoms with E-state index in [1.807, 2.05) is 0 Å². The third-order valence-electron chi connectivity index (χ3n) is 3.78. The number of nitrogens with one attached hydrogen (secondary N) is 1. The summed E-state index contributed by atoms with van der Waals surface area (Å²) in [6.07, 6.45) is 1.00. The maximum Gasteiger partial charge on any atom is 0.127 e. The van der Waals surface area contributed by atoms with Gasteiger partial charge in [0.1, 0.15) is 11.6 Å². The lowest BCUT2D eigenvalue weighted by molar-refractivity contribution is 0.0847. The number of piperazine rings is 1. The van der Waals surface area contributed by atoms with Crippen molar-refractivity contribution in [1.82, 2.24) is 10.2 Å². The molecule has 1 heterocycles. The fourth-order valence-corrected chi connectivity index (χ4v) is 2.69. The van der Waals surface area contributed by atoms with Crippen molar-refractivity contribution in [3.05, 3.63) is 35.4 Å². The van der Waals surface area contributed by atoms with E-state index in [-0.39, 0.29) is 17.2 Å². The van der Waals surface area contributed by atoms with Crippen LogP contribution in [0.4, 0.5) is 8.78 Å². The Labute approximate surface area is 113 Å². The lowest BCUT2D eigenvalue weighted by Gasteiger charge is -2.44. The fourth-order valence-electron chi connectivity index (χ4n) is 2.69. The van der Waals surface area contributed by atoms with Crippen LogP contribution in [0.5, 0.6) is 0 Å². The Morgan fingerprint density at radius 2 is 2.11 bits per heavy atom. The highest BCUT2D eigenvalue weighted by Crippen LogP contribution is 2.21. The van der Waals surface area contributed by atoms with Crippen LogP contribution in [-0.2, 0) is 6.54 Å². The zero-order valence-corrected chi connectivity index (χ0v) is 11.8. The molecule has 0 amide bonds. The summed E-state index contributed by atoms with van der Waals surface area (Å²) in [6.45, 7) is 8.58. The number of benzene rings is 1. The van der Waals surface area contributed by atoms with Crippen LogP contribution in [0.3, 0.4) is 0 Å². The number of hydrogen-bond donors (Lipinski definition) is 1. The van der Waals surface area contributed by atoms with E-state index in [4.69, 9.17) is 0 Å². The molecule has 0 aliphatic carbocycles. The van der Waals surface area contributed by atoms with Crippen molar-refractivity contribution < 1.29 is 8.78 Å². The number of rotatable bonds is 3. The molecule has 1 aromatic rings. The van der Waals surface area contributed by atoms with Crippen molar-refractivity contribution in [2.24, 2.45) is 0 Å². The molecule has 0 spiro atoms. The first-order valence-corrected chi connectivity index (χ1v) is 6.84. The van der Waals surface area contributed by atoms with Gasteiger partial charge in [-0.25, -0.2) is 8.78 Å². The minimum atomic E-state index is -0.376. The molecule has 0 radical (unpaired) electrons. The summed E-state index contributed by atoms with van der Waals surface area (Å²) < 4.78 is 27.0. The molecule has 1 saturated heterocycles.